The van der Waals surface area contributed by atoms with Gasteiger partial charge >= 0.3 is 0 Å². The van der Waals surface area contributed by atoms with Crippen LogP contribution in [0, 0.1) is 11.8 Å². The molecule has 0 spiro atoms. The molecule has 132 valence electrons. The number of imide groups is 1. The van der Waals surface area contributed by atoms with Crippen LogP contribution in [0.3, 0.4) is 0 Å². The number of carbonyl (C=O) groups is 3. The number of rotatable bonds is 3. The largest absolute Gasteiger partial charge is 0.331 e. The molecule has 1 saturated carbocycles. The van der Waals surface area contributed by atoms with Crippen LogP contribution in [0.25, 0.3) is 0 Å². The number of hydrogen-bond acceptors (Lipinski definition) is 3. The molecule has 1 aromatic carbocycles. The zero-order valence-electron chi connectivity index (χ0n) is 14.6. The van der Waals surface area contributed by atoms with Crippen molar-refractivity contribution in [3.8, 4) is 0 Å². The first-order valence-corrected chi connectivity index (χ1v) is 9.37. The van der Waals surface area contributed by atoms with E-state index >= 15 is 0 Å². The average molecular weight is 340 g/mol. The third-order valence-corrected chi connectivity index (χ3v) is 6.03. The molecule has 2 heterocycles. The van der Waals surface area contributed by atoms with Gasteiger partial charge in [0.2, 0.25) is 17.7 Å². The van der Waals surface area contributed by atoms with Gasteiger partial charge in [-0.25, -0.2) is 0 Å². The van der Waals surface area contributed by atoms with Crippen molar-refractivity contribution in [2.75, 3.05) is 6.54 Å². The summed E-state index contributed by atoms with van der Waals surface area (Å²) in [6, 6.07) is 9.59. The van der Waals surface area contributed by atoms with E-state index in [9.17, 15) is 14.4 Å². The van der Waals surface area contributed by atoms with Crippen LogP contribution >= 0.6 is 0 Å². The molecule has 5 heteroatoms. The topological polar surface area (TPSA) is 57.7 Å². The highest BCUT2D eigenvalue weighted by Crippen LogP contribution is 2.49. The van der Waals surface area contributed by atoms with Crippen molar-refractivity contribution in [1.29, 1.82) is 0 Å². The Morgan fingerprint density at radius 1 is 0.920 bits per heavy atom. The Kier molecular flexibility index (Phi) is 4.10. The van der Waals surface area contributed by atoms with Gasteiger partial charge < -0.3 is 4.90 Å². The Bertz CT molecular complexity index is 696. The van der Waals surface area contributed by atoms with Gasteiger partial charge in [0.05, 0.1) is 12.0 Å². The third kappa shape index (κ3) is 2.40. The fraction of sp³-hybridized carbons (Fsp3) is 0.550. The fourth-order valence-corrected chi connectivity index (χ4v) is 4.90. The van der Waals surface area contributed by atoms with Crippen LogP contribution in [0.2, 0.25) is 0 Å². The van der Waals surface area contributed by atoms with E-state index in [-0.39, 0.29) is 29.8 Å². The molecule has 3 fully saturated rings. The number of hydrogen-bond donors (Lipinski definition) is 0. The zero-order valence-corrected chi connectivity index (χ0v) is 14.6. The van der Waals surface area contributed by atoms with E-state index < -0.39 is 11.8 Å². The lowest BCUT2D eigenvalue weighted by atomic mass is 9.87. The number of nitrogens with zero attached hydrogens (tertiary/aromatic N) is 2. The molecule has 1 aliphatic carbocycles. The molecule has 2 aliphatic heterocycles. The van der Waals surface area contributed by atoms with E-state index in [1.165, 1.54) is 11.3 Å². The van der Waals surface area contributed by atoms with Gasteiger partial charge in [0, 0.05) is 12.6 Å². The first-order chi connectivity index (χ1) is 12.1. The van der Waals surface area contributed by atoms with E-state index in [4.69, 9.17) is 0 Å². The summed E-state index contributed by atoms with van der Waals surface area (Å²) in [4.78, 5) is 42.0. The number of fused-ring (bicyclic) bond motifs is 1. The maximum Gasteiger partial charge on any atom is 0.242 e. The minimum absolute atomic E-state index is 0.139. The molecule has 0 radical (unpaired) electrons. The summed E-state index contributed by atoms with van der Waals surface area (Å²) in [5.74, 6) is -2.01. The molecule has 5 nitrogen and oxygen atoms in total. The summed E-state index contributed by atoms with van der Waals surface area (Å²) in [6.07, 6.45) is 5.34. The quantitative estimate of drug-likeness (QED) is 0.627. The molecule has 3 amide bonds. The molecule has 2 saturated heterocycles. The van der Waals surface area contributed by atoms with Gasteiger partial charge in [0.1, 0.15) is 5.92 Å². The first-order valence-electron chi connectivity index (χ1n) is 9.37. The molecule has 3 atom stereocenters. The molecule has 3 aliphatic rings. The van der Waals surface area contributed by atoms with Crippen LogP contribution in [0.5, 0.6) is 0 Å². The Labute approximate surface area is 148 Å². The SMILES string of the molecule is CCN1C(=O)[C@@H]2C(=O)N(C3CCCCC3)[C@H](c3ccccc3)[C@@H]2C1=O. The monoisotopic (exact) mass is 340 g/mol. The fourth-order valence-electron chi connectivity index (χ4n) is 4.90. The van der Waals surface area contributed by atoms with Crippen LogP contribution in [-0.2, 0) is 14.4 Å². The molecule has 0 aromatic heterocycles. The van der Waals surface area contributed by atoms with E-state index in [2.05, 4.69) is 0 Å². The van der Waals surface area contributed by atoms with Crippen molar-refractivity contribution in [2.45, 2.75) is 51.1 Å². The van der Waals surface area contributed by atoms with E-state index in [1.54, 1.807) is 6.92 Å². The number of likely N-dealkylation sites (tertiary alicyclic amines) is 2. The predicted molar refractivity (Wildman–Crippen MR) is 92.3 cm³/mol. The maximum atomic E-state index is 13.2. The van der Waals surface area contributed by atoms with Gasteiger partial charge in [-0.2, -0.15) is 0 Å². The molecule has 0 bridgehead atoms. The van der Waals surface area contributed by atoms with Crippen molar-refractivity contribution in [2.24, 2.45) is 11.8 Å². The maximum absolute atomic E-state index is 13.2. The van der Waals surface area contributed by atoms with E-state index in [0.29, 0.717) is 6.54 Å². The normalized spacial score (nSPS) is 30.3. The van der Waals surface area contributed by atoms with Crippen molar-refractivity contribution in [3.63, 3.8) is 0 Å². The van der Waals surface area contributed by atoms with E-state index in [1.807, 2.05) is 35.2 Å². The van der Waals surface area contributed by atoms with Crippen molar-refractivity contribution in [1.82, 2.24) is 9.80 Å². The Morgan fingerprint density at radius 2 is 1.60 bits per heavy atom. The summed E-state index contributed by atoms with van der Waals surface area (Å²) in [7, 11) is 0. The van der Waals surface area contributed by atoms with Gasteiger partial charge in [-0.3, -0.25) is 19.3 Å². The van der Waals surface area contributed by atoms with Gasteiger partial charge in [-0.05, 0) is 25.3 Å². The summed E-state index contributed by atoms with van der Waals surface area (Å²) >= 11 is 0. The van der Waals surface area contributed by atoms with Crippen LogP contribution in [0.4, 0.5) is 0 Å². The molecule has 0 N–H and O–H groups in total. The molecule has 4 rings (SSSR count). The van der Waals surface area contributed by atoms with Crippen LogP contribution in [0.1, 0.15) is 50.6 Å². The highest BCUT2D eigenvalue weighted by Gasteiger charge is 2.63. The van der Waals surface area contributed by atoms with Gasteiger partial charge in [0.25, 0.3) is 0 Å². The van der Waals surface area contributed by atoms with Crippen LogP contribution in [-0.4, -0.2) is 40.1 Å². The second-order valence-electron chi connectivity index (χ2n) is 7.32. The van der Waals surface area contributed by atoms with Crippen molar-refractivity contribution >= 4 is 17.7 Å². The predicted octanol–water partition coefficient (Wildman–Crippen LogP) is 2.52. The van der Waals surface area contributed by atoms with Crippen LogP contribution < -0.4 is 0 Å². The van der Waals surface area contributed by atoms with Crippen molar-refractivity contribution in [3.05, 3.63) is 35.9 Å². The third-order valence-electron chi connectivity index (χ3n) is 6.03. The van der Waals surface area contributed by atoms with Crippen LogP contribution in [0.15, 0.2) is 30.3 Å². The second kappa shape index (κ2) is 6.28. The van der Waals surface area contributed by atoms with Gasteiger partial charge in [0.15, 0.2) is 0 Å². The summed E-state index contributed by atoms with van der Waals surface area (Å²) in [5, 5.41) is 0. The minimum Gasteiger partial charge on any atom is -0.331 e. The number of carbonyl (C=O) groups excluding carboxylic acids is 3. The van der Waals surface area contributed by atoms with Gasteiger partial charge in [-0.15, -0.1) is 0 Å². The average Bonchev–Trinajstić information content (AvgIpc) is 3.09. The van der Waals surface area contributed by atoms with Crippen molar-refractivity contribution < 1.29 is 14.4 Å². The molecular formula is C20H24N2O3. The molecule has 0 unspecified atom stereocenters. The number of amides is 3. The minimum atomic E-state index is -0.820. The Balaban J connectivity index is 1.78. The smallest absolute Gasteiger partial charge is 0.242 e. The van der Waals surface area contributed by atoms with Gasteiger partial charge in [-0.1, -0.05) is 49.6 Å². The summed E-state index contributed by atoms with van der Waals surface area (Å²) in [5.41, 5.74) is 0.966. The number of benzene rings is 1. The molecule has 1 aromatic rings. The Morgan fingerprint density at radius 3 is 2.24 bits per heavy atom. The first kappa shape index (κ1) is 16.3. The molecule has 25 heavy (non-hydrogen) atoms. The zero-order chi connectivity index (χ0) is 17.6. The lowest BCUT2D eigenvalue weighted by Gasteiger charge is -2.37. The standard InChI is InChI=1S/C20H24N2O3/c1-2-21-18(23)15-16(19(21)24)20(25)22(14-11-7-4-8-12-14)17(15)13-9-5-3-6-10-13/h3,5-6,9-10,14-17H,2,4,7-8,11-12H2,1H3/t15-,16-,17-/m1/s1. The molecular weight excluding hydrogens is 316 g/mol. The highest BCUT2D eigenvalue weighted by molar-refractivity contribution is 6.17. The lowest BCUT2D eigenvalue weighted by Crippen LogP contribution is -2.44. The summed E-state index contributed by atoms with van der Waals surface area (Å²) < 4.78 is 0. The lowest BCUT2D eigenvalue weighted by molar-refractivity contribution is -0.145. The van der Waals surface area contributed by atoms with E-state index in [0.717, 1.165) is 31.2 Å². The second-order valence-corrected chi connectivity index (χ2v) is 7.32. The summed E-state index contributed by atoms with van der Waals surface area (Å²) in [6.45, 7) is 2.13. The Hall–Kier alpha value is -2.17. The highest BCUT2D eigenvalue weighted by atomic mass is 16.2.